The Morgan fingerprint density at radius 2 is 1.88 bits per heavy atom. The Balaban J connectivity index is 0. The van der Waals surface area contributed by atoms with E-state index >= 15 is 0 Å². The Labute approximate surface area is 63.3 Å². The third-order valence-corrected chi connectivity index (χ3v) is 1.67. The second-order valence-corrected chi connectivity index (χ2v) is 2.36. The minimum absolute atomic E-state index is 0. The van der Waals surface area contributed by atoms with Gasteiger partial charge in [0.2, 0.25) is 0 Å². The molecule has 1 nitrogen and oxygen atoms in total. The van der Waals surface area contributed by atoms with Gasteiger partial charge < -0.3 is 4.90 Å². The van der Waals surface area contributed by atoms with E-state index < -0.39 is 0 Å². The molecule has 0 radical (unpaired) electrons. The predicted molar refractivity (Wildman–Crippen MR) is 44.3 cm³/mol. The molecule has 0 spiro atoms. The van der Waals surface area contributed by atoms with Crippen LogP contribution in [0.1, 0.15) is 6.92 Å². The summed E-state index contributed by atoms with van der Waals surface area (Å²) in [7, 11) is 4.11. The summed E-state index contributed by atoms with van der Waals surface area (Å²) in [5.74, 6) is 0.938. The molecule has 0 fully saturated rings. The highest BCUT2D eigenvalue weighted by Crippen LogP contribution is 1.91. The van der Waals surface area contributed by atoms with E-state index in [1.807, 2.05) is 0 Å². The van der Waals surface area contributed by atoms with Crippen LogP contribution in [0.2, 0.25) is 0 Å². The topological polar surface area (TPSA) is 3.24 Å². The normalized spacial score (nSPS) is 13.1. The maximum atomic E-state index is 4.11. The lowest BCUT2D eigenvalue weighted by Crippen LogP contribution is -2.25. The second-order valence-electron chi connectivity index (χ2n) is 2.00. The Bertz CT molecular complexity index is 49.7. The Morgan fingerprint density at radius 3 is 1.88 bits per heavy atom. The second kappa shape index (κ2) is 5.73. The third kappa shape index (κ3) is 4.75. The van der Waals surface area contributed by atoms with Gasteiger partial charge in [0.25, 0.3) is 0 Å². The summed E-state index contributed by atoms with van der Waals surface area (Å²) in [6.07, 6.45) is 0. The zero-order valence-electron chi connectivity index (χ0n) is 5.59. The van der Waals surface area contributed by atoms with Crippen LogP contribution >= 0.6 is 25.0 Å². The number of thiol groups is 1. The highest BCUT2D eigenvalue weighted by atomic mass is 35.5. The van der Waals surface area contributed by atoms with Crippen molar-refractivity contribution in [2.75, 3.05) is 19.8 Å². The third-order valence-electron chi connectivity index (χ3n) is 1.15. The van der Waals surface area contributed by atoms with Crippen molar-refractivity contribution in [2.45, 2.75) is 13.0 Å². The number of hydrogen-bond acceptors (Lipinski definition) is 2. The Morgan fingerprint density at radius 1 is 1.50 bits per heavy atom. The molecule has 0 saturated heterocycles. The first-order valence-electron chi connectivity index (χ1n) is 2.45. The summed E-state index contributed by atoms with van der Waals surface area (Å²) >= 11 is 4.11. The number of hydrogen-bond donors (Lipinski definition) is 1. The summed E-state index contributed by atoms with van der Waals surface area (Å²) in [6, 6.07) is 0.600. The van der Waals surface area contributed by atoms with E-state index in [0.717, 1.165) is 5.75 Å². The van der Waals surface area contributed by atoms with Crippen LogP contribution in [0.15, 0.2) is 0 Å². The molecule has 0 rings (SSSR count). The minimum atomic E-state index is 0. The van der Waals surface area contributed by atoms with Gasteiger partial charge >= 0.3 is 0 Å². The molecule has 0 amide bonds. The van der Waals surface area contributed by atoms with Gasteiger partial charge in [0.15, 0.2) is 0 Å². The molecule has 0 aromatic heterocycles. The molecule has 0 bridgehead atoms. The van der Waals surface area contributed by atoms with Gasteiger partial charge in [-0.15, -0.1) is 12.4 Å². The minimum Gasteiger partial charge on any atom is -0.306 e. The largest absolute Gasteiger partial charge is 0.306 e. The van der Waals surface area contributed by atoms with E-state index in [4.69, 9.17) is 0 Å². The first kappa shape index (κ1) is 11.4. The first-order chi connectivity index (χ1) is 3.18. The van der Waals surface area contributed by atoms with Gasteiger partial charge in [-0.3, -0.25) is 0 Å². The first-order valence-corrected chi connectivity index (χ1v) is 3.09. The monoisotopic (exact) mass is 155 g/mol. The summed E-state index contributed by atoms with van der Waals surface area (Å²) < 4.78 is 0. The van der Waals surface area contributed by atoms with Crippen molar-refractivity contribution in [3.63, 3.8) is 0 Å². The van der Waals surface area contributed by atoms with Crippen molar-refractivity contribution in [3.05, 3.63) is 0 Å². The summed E-state index contributed by atoms with van der Waals surface area (Å²) in [6.45, 7) is 2.15. The van der Waals surface area contributed by atoms with Crippen LogP contribution in [0.25, 0.3) is 0 Å². The zero-order chi connectivity index (χ0) is 5.86. The van der Waals surface area contributed by atoms with Crippen LogP contribution in [0, 0.1) is 0 Å². The van der Waals surface area contributed by atoms with Crippen molar-refractivity contribution in [3.8, 4) is 0 Å². The lowest BCUT2D eigenvalue weighted by molar-refractivity contribution is 0.340. The quantitative estimate of drug-likeness (QED) is 0.589. The predicted octanol–water partition coefficient (Wildman–Crippen LogP) is 1.29. The molecule has 0 aromatic rings. The van der Waals surface area contributed by atoms with Crippen molar-refractivity contribution in [1.29, 1.82) is 0 Å². The molecule has 0 saturated carbocycles. The molecule has 0 N–H and O–H groups in total. The zero-order valence-corrected chi connectivity index (χ0v) is 7.30. The molecule has 0 aliphatic rings. The molecule has 8 heavy (non-hydrogen) atoms. The number of rotatable bonds is 2. The summed E-state index contributed by atoms with van der Waals surface area (Å²) in [4.78, 5) is 2.15. The van der Waals surface area contributed by atoms with Crippen LogP contribution in [0.3, 0.4) is 0 Å². The van der Waals surface area contributed by atoms with Crippen LogP contribution in [0.4, 0.5) is 0 Å². The van der Waals surface area contributed by atoms with E-state index in [1.165, 1.54) is 0 Å². The Hall–Kier alpha value is 0.600. The lowest BCUT2D eigenvalue weighted by Gasteiger charge is -2.15. The van der Waals surface area contributed by atoms with Crippen LogP contribution < -0.4 is 0 Å². The molecule has 1 atom stereocenters. The van der Waals surface area contributed by atoms with Crippen molar-refractivity contribution in [1.82, 2.24) is 4.90 Å². The van der Waals surface area contributed by atoms with E-state index in [1.54, 1.807) is 0 Å². The number of halogens is 1. The van der Waals surface area contributed by atoms with Gasteiger partial charge in [-0.25, -0.2) is 0 Å². The lowest BCUT2D eigenvalue weighted by atomic mass is 10.4. The van der Waals surface area contributed by atoms with Crippen LogP contribution in [-0.2, 0) is 0 Å². The molecular formula is C5H14ClNS. The fourth-order valence-corrected chi connectivity index (χ4v) is 0.490. The highest BCUT2D eigenvalue weighted by molar-refractivity contribution is 7.80. The maximum absolute atomic E-state index is 4.11. The van der Waals surface area contributed by atoms with Gasteiger partial charge in [0, 0.05) is 11.8 Å². The van der Waals surface area contributed by atoms with E-state index in [0.29, 0.717) is 6.04 Å². The standard InChI is InChI=1S/C5H13NS.ClH/c1-5(4-7)6(2)3;/h5,7H,4H2,1-3H3;1H. The summed E-state index contributed by atoms with van der Waals surface area (Å²) in [5.41, 5.74) is 0. The maximum Gasteiger partial charge on any atom is 0.0149 e. The molecule has 0 aromatic carbocycles. The summed E-state index contributed by atoms with van der Waals surface area (Å²) in [5, 5.41) is 0. The smallest absolute Gasteiger partial charge is 0.0149 e. The van der Waals surface area contributed by atoms with E-state index in [9.17, 15) is 0 Å². The van der Waals surface area contributed by atoms with Gasteiger partial charge in [0.05, 0.1) is 0 Å². The van der Waals surface area contributed by atoms with Crippen molar-refractivity contribution in [2.24, 2.45) is 0 Å². The van der Waals surface area contributed by atoms with Gasteiger partial charge in [-0.05, 0) is 21.0 Å². The molecule has 1 unspecified atom stereocenters. The van der Waals surface area contributed by atoms with E-state index in [2.05, 4.69) is 38.5 Å². The van der Waals surface area contributed by atoms with E-state index in [-0.39, 0.29) is 12.4 Å². The number of nitrogens with zero attached hydrogens (tertiary/aromatic N) is 1. The Kier molecular flexibility index (Phi) is 8.17. The van der Waals surface area contributed by atoms with Gasteiger partial charge in [-0.2, -0.15) is 12.6 Å². The average molecular weight is 156 g/mol. The van der Waals surface area contributed by atoms with Crippen LogP contribution in [0.5, 0.6) is 0 Å². The van der Waals surface area contributed by atoms with Crippen molar-refractivity contribution < 1.29 is 0 Å². The molecule has 0 aliphatic carbocycles. The van der Waals surface area contributed by atoms with Crippen LogP contribution in [-0.4, -0.2) is 30.8 Å². The molecule has 52 valence electrons. The van der Waals surface area contributed by atoms with Gasteiger partial charge in [0.1, 0.15) is 0 Å². The average Bonchev–Trinajstić information content (AvgIpc) is 1.65. The fraction of sp³-hybridized carbons (Fsp3) is 1.00. The molecule has 0 aliphatic heterocycles. The molecule has 3 heteroatoms. The highest BCUT2D eigenvalue weighted by Gasteiger charge is 1.97. The fourth-order valence-electron chi connectivity index (χ4n) is 0.163. The van der Waals surface area contributed by atoms with Crippen molar-refractivity contribution >= 4 is 25.0 Å². The molecule has 0 heterocycles. The molecular weight excluding hydrogens is 142 g/mol. The SMILES string of the molecule is CC(CS)N(C)C.Cl. The van der Waals surface area contributed by atoms with Gasteiger partial charge in [-0.1, -0.05) is 0 Å².